The van der Waals surface area contributed by atoms with Crippen molar-refractivity contribution in [3.05, 3.63) is 0 Å². The van der Waals surface area contributed by atoms with Gasteiger partial charge in [0, 0.05) is 0 Å². The van der Waals surface area contributed by atoms with Gasteiger partial charge in [0.05, 0.1) is 12.7 Å². The number of rotatable bonds is 5. The zero-order chi connectivity index (χ0) is 12.3. The Balaban J connectivity index is 2.67. The Labute approximate surface area is 93.2 Å². The maximum absolute atomic E-state index is 11.6. The molecule has 2 N–H and O–H groups in total. The average Bonchev–Trinajstić information content (AvgIpc) is 2.55. The van der Waals surface area contributed by atoms with Crippen LogP contribution in [0, 0.1) is 0 Å². The molecule has 0 aliphatic carbocycles. The van der Waals surface area contributed by atoms with Crippen molar-refractivity contribution in [2.45, 2.75) is 44.7 Å². The second kappa shape index (κ2) is 5.38. The van der Waals surface area contributed by atoms with Gasteiger partial charge in [-0.1, -0.05) is 6.92 Å². The van der Waals surface area contributed by atoms with Crippen molar-refractivity contribution in [1.82, 2.24) is 0 Å². The van der Waals surface area contributed by atoms with E-state index in [9.17, 15) is 14.7 Å². The lowest BCUT2D eigenvalue weighted by molar-refractivity contribution is -0.155. The van der Waals surface area contributed by atoms with Gasteiger partial charge in [-0.15, -0.1) is 0 Å². The molecule has 6 heteroatoms. The summed E-state index contributed by atoms with van der Waals surface area (Å²) in [5.74, 6) is -1.44. The summed E-state index contributed by atoms with van der Waals surface area (Å²) < 4.78 is 9.85. The fraction of sp³-hybridized carbons (Fsp3) is 0.800. The van der Waals surface area contributed by atoms with E-state index in [-0.39, 0.29) is 6.10 Å². The van der Waals surface area contributed by atoms with Crippen molar-refractivity contribution in [3.8, 4) is 0 Å². The van der Waals surface area contributed by atoms with Crippen molar-refractivity contribution in [3.63, 3.8) is 0 Å². The summed E-state index contributed by atoms with van der Waals surface area (Å²) in [4.78, 5) is 22.9. The van der Waals surface area contributed by atoms with Crippen molar-refractivity contribution < 1.29 is 29.3 Å². The molecule has 1 heterocycles. The van der Waals surface area contributed by atoms with Crippen LogP contribution >= 0.6 is 0 Å². The van der Waals surface area contributed by atoms with Gasteiger partial charge in [-0.05, 0) is 13.3 Å². The molecule has 6 nitrogen and oxygen atoms in total. The molecule has 92 valence electrons. The molecule has 16 heavy (non-hydrogen) atoms. The molecule has 1 fully saturated rings. The van der Waals surface area contributed by atoms with Crippen LogP contribution in [-0.4, -0.2) is 53.0 Å². The lowest BCUT2D eigenvalue weighted by Gasteiger charge is -2.14. The van der Waals surface area contributed by atoms with Gasteiger partial charge in [0.2, 0.25) is 11.9 Å². The second-order valence-corrected chi connectivity index (χ2v) is 3.74. The molecule has 0 bridgehead atoms. The van der Waals surface area contributed by atoms with Crippen LogP contribution in [0.25, 0.3) is 0 Å². The third-order valence-corrected chi connectivity index (χ3v) is 2.48. The molecule has 4 unspecified atom stereocenters. The first-order valence-electron chi connectivity index (χ1n) is 5.19. The predicted molar refractivity (Wildman–Crippen MR) is 52.6 cm³/mol. The molecule has 1 rings (SSSR count). The monoisotopic (exact) mass is 232 g/mol. The molecule has 0 radical (unpaired) electrons. The molecule has 0 aromatic rings. The Hall–Kier alpha value is -0.980. The van der Waals surface area contributed by atoms with Gasteiger partial charge < -0.3 is 19.7 Å². The fourth-order valence-electron chi connectivity index (χ4n) is 1.33. The number of esters is 1. The Morgan fingerprint density at radius 3 is 2.62 bits per heavy atom. The second-order valence-electron chi connectivity index (χ2n) is 3.74. The highest BCUT2D eigenvalue weighted by atomic mass is 16.6. The number of carbonyl (C=O) groups is 2. The van der Waals surface area contributed by atoms with E-state index in [1.807, 2.05) is 6.92 Å². The van der Waals surface area contributed by atoms with E-state index in [4.69, 9.17) is 9.84 Å². The van der Waals surface area contributed by atoms with Gasteiger partial charge in [-0.3, -0.25) is 4.79 Å². The summed E-state index contributed by atoms with van der Waals surface area (Å²) in [6.07, 6.45) is -3.56. The van der Waals surface area contributed by atoms with Crippen LogP contribution in [0.4, 0.5) is 0 Å². The Morgan fingerprint density at radius 2 is 2.12 bits per heavy atom. The quantitative estimate of drug-likeness (QED) is 0.467. The number of carbonyl (C=O) groups excluding carboxylic acids is 2. The molecule has 0 amide bonds. The van der Waals surface area contributed by atoms with Crippen LogP contribution in [0.3, 0.4) is 0 Å². The normalized spacial score (nSPS) is 29.0. The molecular formula is C10H16O6. The number of ketones is 1. The number of hydrogen-bond acceptors (Lipinski definition) is 6. The molecule has 0 spiro atoms. The Bertz CT molecular complexity index is 276. The summed E-state index contributed by atoms with van der Waals surface area (Å²) in [6.45, 7) is 2.95. The minimum absolute atomic E-state index is 0.244. The zero-order valence-corrected chi connectivity index (χ0v) is 9.25. The van der Waals surface area contributed by atoms with Crippen LogP contribution in [0.1, 0.15) is 20.3 Å². The summed E-state index contributed by atoms with van der Waals surface area (Å²) in [7, 11) is 0. The average molecular weight is 232 g/mol. The molecule has 0 saturated carbocycles. The SMILES string of the molecule is CCC(C)OC1C(=O)OC(C(O)CO)C1=O. The first kappa shape index (κ1) is 13.1. The predicted octanol–water partition coefficient (Wildman–Crippen LogP) is -0.982. The highest BCUT2D eigenvalue weighted by molar-refractivity contribution is 6.09. The Morgan fingerprint density at radius 1 is 1.50 bits per heavy atom. The molecule has 0 aromatic heterocycles. The van der Waals surface area contributed by atoms with Gasteiger partial charge in [-0.2, -0.15) is 0 Å². The number of Topliss-reactive ketones (excluding diaryl/α,β-unsaturated/α-hetero) is 1. The summed E-state index contributed by atoms with van der Waals surface area (Å²) in [5, 5.41) is 17.9. The minimum atomic E-state index is -1.39. The summed E-state index contributed by atoms with van der Waals surface area (Å²) in [5.41, 5.74) is 0. The van der Waals surface area contributed by atoms with E-state index in [0.29, 0.717) is 6.42 Å². The number of aliphatic hydroxyl groups is 2. The molecule has 1 aliphatic heterocycles. The number of hydrogen-bond donors (Lipinski definition) is 2. The number of cyclic esters (lactones) is 1. The van der Waals surface area contributed by atoms with Crippen molar-refractivity contribution in [1.29, 1.82) is 0 Å². The van der Waals surface area contributed by atoms with Gasteiger partial charge in [0.1, 0.15) is 6.10 Å². The van der Waals surface area contributed by atoms with E-state index >= 15 is 0 Å². The van der Waals surface area contributed by atoms with E-state index in [0.717, 1.165) is 0 Å². The lowest BCUT2D eigenvalue weighted by atomic mass is 10.1. The maximum Gasteiger partial charge on any atom is 0.344 e. The van der Waals surface area contributed by atoms with E-state index in [1.54, 1.807) is 6.92 Å². The molecule has 1 saturated heterocycles. The van der Waals surface area contributed by atoms with Crippen LogP contribution < -0.4 is 0 Å². The van der Waals surface area contributed by atoms with Crippen LogP contribution in [0.2, 0.25) is 0 Å². The van der Waals surface area contributed by atoms with E-state index in [2.05, 4.69) is 4.74 Å². The smallest absolute Gasteiger partial charge is 0.344 e. The third kappa shape index (κ3) is 2.58. The lowest BCUT2D eigenvalue weighted by Crippen LogP contribution is -2.38. The van der Waals surface area contributed by atoms with Crippen LogP contribution in [0.5, 0.6) is 0 Å². The maximum atomic E-state index is 11.6. The third-order valence-electron chi connectivity index (χ3n) is 2.48. The van der Waals surface area contributed by atoms with Crippen LogP contribution in [-0.2, 0) is 19.1 Å². The molecule has 0 aromatic carbocycles. The number of ether oxygens (including phenoxy) is 2. The molecule has 1 aliphatic rings. The first-order chi connectivity index (χ1) is 7.51. The van der Waals surface area contributed by atoms with Crippen molar-refractivity contribution in [2.24, 2.45) is 0 Å². The minimum Gasteiger partial charge on any atom is -0.449 e. The van der Waals surface area contributed by atoms with Gasteiger partial charge >= 0.3 is 5.97 Å². The standard InChI is InChI=1S/C10H16O6/c1-3-5(2)15-9-7(13)8(6(12)4-11)16-10(9)14/h5-6,8-9,11-12H,3-4H2,1-2H3. The van der Waals surface area contributed by atoms with Crippen LogP contribution in [0.15, 0.2) is 0 Å². The highest BCUT2D eigenvalue weighted by Gasteiger charge is 2.47. The zero-order valence-electron chi connectivity index (χ0n) is 9.25. The molecule has 4 atom stereocenters. The van der Waals surface area contributed by atoms with Gasteiger partial charge in [0.15, 0.2) is 6.10 Å². The largest absolute Gasteiger partial charge is 0.449 e. The van der Waals surface area contributed by atoms with Crippen molar-refractivity contribution in [2.75, 3.05) is 6.61 Å². The number of aliphatic hydroxyl groups excluding tert-OH is 2. The van der Waals surface area contributed by atoms with Gasteiger partial charge in [-0.25, -0.2) is 4.79 Å². The first-order valence-corrected chi connectivity index (χ1v) is 5.19. The van der Waals surface area contributed by atoms with Gasteiger partial charge in [0.25, 0.3) is 0 Å². The van der Waals surface area contributed by atoms with Crippen molar-refractivity contribution >= 4 is 11.8 Å². The fourth-order valence-corrected chi connectivity index (χ4v) is 1.33. The van der Waals surface area contributed by atoms with E-state index < -0.39 is 36.7 Å². The molecular weight excluding hydrogens is 216 g/mol. The summed E-state index contributed by atoms with van der Waals surface area (Å²) in [6, 6.07) is 0. The Kier molecular flexibility index (Phi) is 4.40. The topological polar surface area (TPSA) is 93.1 Å². The van der Waals surface area contributed by atoms with E-state index in [1.165, 1.54) is 0 Å². The summed E-state index contributed by atoms with van der Waals surface area (Å²) >= 11 is 0. The highest BCUT2D eigenvalue weighted by Crippen LogP contribution is 2.19.